The number of rotatable bonds is 7. The van der Waals surface area contributed by atoms with Crippen LogP contribution in [0.15, 0.2) is 54.6 Å². The second kappa shape index (κ2) is 9.32. The zero-order valence-electron chi connectivity index (χ0n) is 17.2. The number of aromatic nitrogens is 2. The number of carbonyl (C=O) groups is 2. The van der Waals surface area contributed by atoms with Crippen LogP contribution in [0.5, 0.6) is 0 Å². The van der Waals surface area contributed by atoms with E-state index >= 15 is 0 Å². The average Bonchev–Trinajstić information content (AvgIpc) is 3.01. The normalized spacial score (nSPS) is 11.7. The number of nitrogens with zero attached hydrogens (tertiary/aromatic N) is 2. The largest absolute Gasteiger partial charge is 0.322 e. The molecule has 0 radical (unpaired) electrons. The number of halogens is 1. The van der Waals surface area contributed by atoms with E-state index in [0.717, 1.165) is 16.9 Å². The summed E-state index contributed by atoms with van der Waals surface area (Å²) in [6.45, 7) is 4.02. The molecule has 0 aliphatic carbocycles. The quantitative estimate of drug-likeness (QED) is 0.555. The molecule has 7 nitrogen and oxygen atoms in total. The summed E-state index contributed by atoms with van der Waals surface area (Å²) in [5, 5.41) is 9.94. The summed E-state index contributed by atoms with van der Waals surface area (Å²) in [5.41, 5.74) is 3.14. The lowest BCUT2D eigenvalue weighted by molar-refractivity contribution is -0.862. The molecule has 3 rings (SSSR count). The topological polar surface area (TPSA) is 80.5 Å². The van der Waals surface area contributed by atoms with Gasteiger partial charge in [-0.15, -0.1) is 0 Å². The van der Waals surface area contributed by atoms with Crippen LogP contribution < -0.4 is 15.5 Å². The van der Waals surface area contributed by atoms with Crippen LogP contribution in [-0.2, 0) is 9.59 Å². The summed E-state index contributed by atoms with van der Waals surface area (Å²) >= 11 is 0. The minimum Gasteiger partial charge on any atom is -0.322 e. The van der Waals surface area contributed by atoms with E-state index in [2.05, 4.69) is 15.7 Å². The summed E-state index contributed by atoms with van der Waals surface area (Å²) in [6.07, 6.45) is 0. The number of likely N-dealkylation sites (N-methyl/N-ethyl adjacent to an activating group) is 1. The van der Waals surface area contributed by atoms with E-state index in [1.165, 1.54) is 18.2 Å². The summed E-state index contributed by atoms with van der Waals surface area (Å²) in [5.74, 6) is -0.391. The van der Waals surface area contributed by atoms with Gasteiger partial charge >= 0.3 is 0 Å². The maximum absolute atomic E-state index is 13.2. The standard InChI is InChI=1S/C22H24FN5O2/c1-15-7-9-19(10-8-15)28-20(11-16(2)26-28)25-22(30)14-27(3)13-21(29)24-18-6-4-5-17(23)12-18/h4-12H,13-14H2,1-3H3,(H,24,29)(H,25,30)/p+1. The Hall–Kier alpha value is -3.52. The predicted octanol–water partition coefficient (Wildman–Crippen LogP) is 1.72. The van der Waals surface area contributed by atoms with Crippen molar-refractivity contribution in [2.45, 2.75) is 13.8 Å². The molecule has 3 N–H and O–H groups in total. The van der Waals surface area contributed by atoms with Crippen LogP contribution in [0.4, 0.5) is 15.9 Å². The molecule has 30 heavy (non-hydrogen) atoms. The number of hydrogen-bond donors (Lipinski definition) is 3. The summed E-state index contributed by atoms with van der Waals surface area (Å²) < 4.78 is 14.9. The van der Waals surface area contributed by atoms with Crippen molar-refractivity contribution in [1.29, 1.82) is 0 Å². The van der Waals surface area contributed by atoms with Crippen molar-refractivity contribution < 1.29 is 18.9 Å². The van der Waals surface area contributed by atoms with Crippen molar-refractivity contribution in [2.75, 3.05) is 30.8 Å². The van der Waals surface area contributed by atoms with Crippen molar-refractivity contribution in [2.24, 2.45) is 0 Å². The Morgan fingerprint density at radius 2 is 1.67 bits per heavy atom. The smallest absolute Gasteiger partial charge is 0.280 e. The molecule has 3 aromatic rings. The number of aryl methyl sites for hydroxylation is 2. The fourth-order valence-electron chi connectivity index (χ4n) is 3.04. The van der Waals surface area contributed by atoms with E-state index in [1.807, 2.05) is 38.1 Å². The number of nitrogens with one attached hydrogen (secondary N) is 3. The number of carbonyl (C=O) groups excluding carboxylic acids is 2. The van der Waals surface area contributed by atoms with Crippen molar-refractivity contribution in [3.63, 3.8) is 0 Å². The molecule has 0 aliphatic rings. The first kappa shape index (κ1) is 21.2. The molecule has 2 amide bonds. The molecule has 0 bridgehead atoms. The van der Waals surface area contributed by atoms with Crippen molar-refractivity contribution in [3.05, 3.63) is 71.7 Å². The second-order valence-corrected chi connectivity index (χ2v) is 7.34. The minimum atomic E-state index is -0.423. The van der Waals surface area contributed by atoms with Crippen LogP contribution in [0.2, 0.25) is 0 Å². The van der Waals surface area contributed by atoms with E-state index in [4.69, 9.17) is 0 Å². The lowest BCUT2D eigenvalue weighted by Gasteiger charge is -2.14. The Balaban J connectivity index is 1.57. The van der Waals surface area contributed by atoms with Gasteiger partial charge in [-0.3, -0.25) is 9.59 Å². The number of benzene rings is 2. The zero-order chi connectivity index (χ0) is 21.7. The van der Waals surface area contributed by atoms with E-state index in [0.29, 0.717) is 16.4 Å². The van der Waals surface area contributed by atoms with Gasteiger partial charge in [-0.05, 0) is 44.2 Å². The SMILES string of the molecule is Cc1ccc(-n2nc(C)cc2NC(=O)C[NH+](C)CC(=O)Nc2cccc(F)c2)cc1. The first-order chi connectivity index (χ1) is 14.3. The molecule has 1 atom stereocenters. The van der Waals surface area contributed by atoms with Crippen LogP contribution in [0, 0.1) is 19.7 Å². The van der Waals surface area contributed by atoms with Gasteiger partial charge in [0, 0.05) is 11.8 Å². The molecular weight excluding hydrogens is 385 g/mol. The summed E-state index contributed by atoms with van der Waals surface area (Å²) in [7, 11) is 1.74. The van der Waals surface area contributed by atoms with Gasteiger partial charge in [-0.2, -0.15) is 5.10 Å². The fraction of sp³-hybridized carbons (Fsp3) is 0.227. The lowest BCUT2D eigenvalue weighted by Crippen LogP contribution is -3.11. The second-order valence-electron chi connectivity index (χ2n) is 7.34. The van der Waals surface area contributed by atoms with Gasteiger partial charge < -0.3 is 15.5 Å². The molecule has 0 saturated carbocycles. The monoisotopic (exact) mass is 410 g/mol. The van der Waals surface area contributed by atoms with Gasteiger partial charge in [0.25, 0.3) is 11.8 Å². The highest BCUT2D eigenvalue weighted by atomic mass is 19.1. The zero-order valence-corrected chi connectivity index (χ0v) is 17.2. The molecule has 8 heteroatoms. The van der Waals surface area contributed by atoms with E-state index in [1.54, 1.807) is 23.9 Å². The van der Waals surface area contributed by atoms with Crippen molar-refractivity contribution >= 4 is 23.3 Å². The molecule has 1 heterocycles. The molecular formula is C22H25FN5O2+. The molecule has 156 valence electrons. The third kappa shape index (κ3) is 5.74. The summed E-state index contributed by atoms with van der Waals surface area (Å²) in [4.78, 5) is 25.3. The van der Waals surface area contributed by atoms with Gasteiger partial charge in [0.05, 0.1) is 18.4 Å². The van der Waals surface area contributed by atoms with Gasteiger partial charge in [0.2, 0.25) is 0 Å². The van der Waals surface area contributed by atoms with Crippen LogP contribution >= 0.6 is 0 Å². The molecule has 0 aliphatic heterocycles. The average molecular weight is 410 g/mol. The van der Waals surface area contributed by atoms with Gasteiger partial charge in [-0.25, -0.2) is 9.07 Å². The third-order valence-corrected chi connectivity index (χ3v) is 4.41. The highest BCUT2D eigenvalue weighted by molar-refractivity contribution is 5.93. The maximum Gasteiger partial charge on any atom is 0.280 e. The first-order valence-electron chi connectivity index (χ1n) is 9.60. The number of amides is 2. The first-order valence-corrected chi connectivity index (χ1v) is 9.60. The Labute approximate surface area is 174 Å². The molecule has 1 aromatic heterocycles. The lowest BCUT2D eigenvalue weighted by atomic mass is 10.2. The minimum absolute atomic E-state index is 0.0696. The van der Waals surface area contributed by atoms with Crippen molar-refractivity contribution in [1.82, 2.24) is 9.78 Å². The van der Waals surface area contributed by atoms with E-state index in [-0.39, 0.29) is 24.9 Å². The van der Waals surface area contributed by atoms with Gasteiger partial charge in [0.1, 0.15) is 11.6 Å². The van der Waals surface area contributed by atoms with Crippen LogP contribution in [-0.4, -0.2) is 41.7 Å². The Bertz CT molecular complexity index is 1050. The maximum atomic E-state index is 13.2. The third-order valence-electron chi connectivity index (χ3n) is 4.41. The van der Waals surface area contributed by atoms with Crippen molar-refractivity contribution in [3.8, 4) is 5.69 Å². The Kier molecular flexibility index (Phi) is 6.58. The Morgan fingerprint density at radius 3 is 2.33 bits per heavy atom. The summed E-state index contributed by atoms with van der Waals surface area (Å²) in [6, 6.07) is 15.3. The van der Waals surface area contributed by atoms with Gasteiger partial charge in [0.15, 0.2) is 13.1 Å². The number of anilines is 2. The van der Waals surface area contributed by atoms with Crippen LogP contribution in [0.25, 0.3) is 5.69 Å². The van der Waals surface area contributed by atoms with Crippen LogP contribution in [0.3, 0.4) is 0 Å². The highest BCUT2D eigenvalue weighted by Crippen LogP contribution is 2.17. The molecule has 1 unspecified atom stereocenters. The van der Waals surface area contributed by atoms with Crippen LogP contribution in [0.1, 0.15) is 11.3 Å². The predicted molar refractivity (Wildman–Crippen MR) is 113 cm³/mol. The number of hydrogen-bond acceptors (Lipinski definition) is 3. The fourth-order valence-corrected chi connectivity index (χ4v) is 3.04. The molecule has 0 spiro atoms. The number of quaternary nitrogens is 1. The molecule has 0 saturated heterocycles. The molecule has 0 fully saturated rings. The van der Waals surface area contributed by atoms with Gasteiger partial charge in [-0.1, -0.05) is 23.8 Å². The Morgan fingerprint density at radius 1 is 1.00 bits per heavy atom. The molecule has 2 aromatic carbocycles. The highest BCUT2D eigenvalue weighted by Gasteiger charge is 2.17. The van der Waals surface area contributed by atoms with E-state index in [9.17, 15) is 14.0 Å². The van der Waals surface area contributed by atoms with E-state index < -0.39 is 5.82 Å².